The normalized spacial score (nSPS) is 49.6. The van der Waals surface area contributed by atoms with Crippen LogP contribution in [0, 0.1) is 16.7 Å². The van der Waals surface area contributed by atoms with Crippen molar-refractivity contribution in [2.75, 3.05) is 0 Å². The summed E-state index contributed by atoms with van der Waals surface area (Å²) in [6, 6.07) is 5.81. The van der Waals surface area contributed by atoms with Gasteiger partial charge in [0.1, 0.15) is 11.4 Å². The average molecular weight is 312 g/mol. The zero-order valence-electron chi connectivity index (χ0n) is 13.5. The number of phenolic OH excluding ortho intramolecular Hbond substituents is 1. The molecule has 3 N–H and O–H groups in total. The van der Waals surface area contributed by atoms with Crippen LogP contribution in [0.2, 0.25) is 0 Å². The van der Waals surface area contributed by atoms with Crippen LogP contribution in [0.4, 0.5) is 0 Å². The molecule has 1 aromatic rings. The predicted octanol–water partition coefficient (Wildman–Crippen LogP) is 2.89. The second-order valence-electron chi connectivity index (χ2n) is 8.42. The maximum atomic E-state index is 11.1. The van der Waals surface area contributed by atoms with E-state index >= 15 is 0 Å². The fraction of sp³-hybridized carbons (Fsp3) is 0.600. The summed E-state index contributed by atoms with van der Waals surface area (Å²) in [4.78, 5) is 0. The van der Waals surface area contributed by atoms with Gasteiger partial charge in [-0.3, -0.25) is 0 Å². The molecule has 2 bridgehead atoms. The highest BCUT2D eigenvalue weighted by Gasteiger charge is 2.74. The first-order valence-electron chi connectivity index (χ1n) is 8.84. The highest BCUT2D eigenvalue weighted by Crippen LogP contribution is 2.74. The van der Waals surface area contributed by atoms with Crippen molar-refractivity contribution < 1.29 is 15.3 Å². The van der Waals surface area contributed by atoms with Crippen LogP contribution >= 0.6 is 0 Å². The van der Waals surface area contributed by atoms with E-state index in [-0.39, 0.29) is 10.8 Å². The van der Waals surface area contributed by atoms with Gasteiger partial charge in [0.25, 0.3) is 0 Å². The molecule has 2 saturated carbocycles. The van der Waals surface area contributed by atoms with Gasteiger partial charge in [-0.1, -0.05) is 25.1 Å². The van der Waals surface area contributed by atoms with Crippen LogP contribution in [0.1, 0.15) is 49.7 Å². The molecule has 0 heterocycles. The minimum absolute atomic E-state index is 0.0837. The Hall–Kier alpha value is -1.32. The van der Waals surface area contributed by atoms with Crippen molar-refractivity contribution in [1.29, 1.82) is 0 Å². The molecule has 0 radical (unpaired) electrons. The molecule has 4 aliphatic rings. The van der Waals surface area contributed by atoms with Gasteiger partial charge in [-0.05, 0) is 67.2 Å². The molecule has 3 heteroatoms. The summed E-state index contributed by atoms with van der Waals surface area (Å²) in [7, 11) is 0. The molecule has 2 unspecified atom stereocenters. The Labute approximate surface area is 136 Å². The number of phenols is 1. The van der Waals surface area contributed by atoms with E-state index in [1.54, 1.807) is 6.07 Å². The quantitative estimate of drug-likeness (QED) is 0.646. The van der Waals surface area contributed by atoms with Gasteiger partial charge in [-0.25, -0.2) is 0 Å². The molecule has 122 valence electrons. The third kappa shape index (κ3) is 1.37. The van der Waals surface area contributed by atoms with E-state index < -0.39 is 11.7 Å². The van der Waals surface area contributed by atoms with Crippen LogP contribution in [0.3, 0.4) is 0 Å². The van der Waals surface area contributed by atoms with Crippen LogP contribution in [-0.2, 0) is 6.42 Å². The molecule has 5 rings (SSSR count). The molecule has 4 aliphatic carbocycles. The molecule has 1 aromatic carbocycles. The number of aromatic hydroxyl groups is 1. The summed E-state index contributed by atoms with van der Waals surface area (Å²) >= 11 is 0. The van der Waals surface area contributed by atoms with Crippen molar-refractivity contribution in [2.45, 2.75) is 56.7 Å². The minimum atomic E-state index is -1.05. The lowest BCUT2D eigenvalue weighted by molar-refractivity contribution is -0.112. The lowest BCUT2D eigenvalue weighted by Crippen LogP contribution is -2.53. The van der Waals surface area contributed by atoms with Gasteiger partial charge >= 0.3 is 0 Å². The Bertz CT molecular complexity index is 726. The van der Waals surface area contributed by atoms with Crippen LogP contribution in [0.25, 0.3) is 0 Å². The second-order valence-corrected chi connectivity index (χ2v) is 8.42. The van der Waals surface area contributed by atoms with Crippen LogP contribution in [0.15, 0.2) is 30.4 Å². The number of aliphatic hydroxyl groups is 2. The van der Waals surface area contributed by atoms with Gasteiger partial charge in [0.2, 0.25) is 0 Å². The summed E-state index contributed by atoms with van der Waals surface area (Å²) < 4.78 is 0. The van der Waals surface area contributed by atoms with Crippen molar-refractivity contribution in [2.24, 2.45) is 16.7 Å². The largest absolute Gasteiger partial charge is 0.508 e. The molecule has 6 atom stereocenters. The molecule has 0 spiro atoms. The molecule has 2 fully saturated rings. The molecule has 0 aliphatic heterocycles. The first-order chi connectivity index (χ1) is 10.9. The Morgan fingerprint density at radius 3 is 2.78 bits per heavy atom. The number of allylic oxidation sites excluding steroid dienone is 1. The van der Waals surface area contributed by atoms with Gasteiger partial charge in [-0.15, -0.1) is 0 Å². The van der Waals surface area contributed by atoms with E-state index in [1.807, 2.05) is 12.1 Å². The van der Waals surface area contributed by atoms with E-state index in [4.69, 9.17) is 0 Å². The van der Waals surface area contributed by atoms with Crippen molar-refractivity contribution in [1.82, 2.24) is 0 Å². The topological polar surface area (TPSA) is 60.7 Å². The molecular formula is C20H24O3. The van der Waals surface area contributed by atoms with Gasteiger partial charge in [0.15, 0.2) is 0 Å². The third-order valence-electron chi connectivity index (χ3n) is 7.94. The van der Waals surface area contributed by atoms with Crippen molar-refractivity contribution in [3.8, 4) is 5.75 Å². The van der Waals surface area contributed by atoms with E-state index in [0.29, 0.717) is 24.0 Å². The number of aliphatic hydroxyl groups excluding tert-OH is 1. The van der Waals surface area contributed by atoms with Crippen molar-refractivity contribution in [3.05, 3.63) is 41.5 Å². The SMILES string of the molecule is C[C@]12CCC3c4ccc(O)cc4CCC3[C@@]13C=C[C@]2(O)[C@@H](O)C3. The molecule has 0 aromatic heterocycles. The summed E-state index contributed by atoms with van der Waals surface area (Å²) in [5.41, 5.74) is 1.28. The summed E-state index contributed by atoms with van der Waals surface area (Å²) in [6.45, 7) is 2.19. The fourth-order valence-electron chi connectivity index (χ4n) is 6.70. The summed E-state index contributed by atoms with van der Waals surface area (Å²) in [6.07, 6.45) is 8.22. The Balaban J connectivity index is 1.64. The van der Waals surface area contributed by atoms with E-state index in [2.05, 4.69) is 19.1 Å². The first-order valence-corrected chi connectivity index (χ1v) is 8.84. The predicted molar refractivity (Wildman–Crippen MR) is 87.1 cm³/mol. The smallest absolute Gasteiger partial charge is 0.115 e. The molecular weight excluding hydrogens is 288 g/mol. The van der Waals surface area contributed by atoms with Gasteiger partial charge in [0, 0.05) is 10.8 Å². The summed E-state index contributed by atoms with van der Waals surface area (Å²) in [5, 5.41) is 31.4. The number of fused-ring (bicyclic) bond motifs is 3. The van der Waals surface area contributed by atoms with Gasteiger partial charge in [-0.2, -0.15) is 0 Å². The highest BCUT2D eigenvalue weighted by atomic mass is 16.3. The van der Waals surface area contributed by atoms with Crippen LogP contribution in [0.5, 0.6) is 5.75 Å². The number of hydrogen-bond donors (Lipinski definition) is 3. The van der Waals surface area contributed by atoms with E-state index in [9.17, 15) is 15.3 Å². The summed E-state index contributed by atoms with van der Waals surface area (Å²) in [5.74, 6) is 1.30. The maximum Gasteiger partial charge on any atom is 0.115 e. The van der Waals surface area contributed by atoms with Crippen LogP contribution < -0.4 is 0 Å². The molecule has 0 saturated heterocycles. The lowest BCUT2D eigenvalue weighted by atomic mass is 9.48. The molecule has 23 heavy (non-hydrogen) atoms. The van der Waals surface area contributed by atoms with Crippen LogP contribution in [-0.4, -0.2) is 27.0 Å². The Kier molecular flexibility index (Phi) is 2.45. The number of aryl methyl sites for hydroxylation is 1. The van der Waals surface area contributed by atoms with Crippen molar-refractivity contribution in [3.63, 3.8) is 0 Å². The number of hydrogen-bond acceptors (Lipinski definition) is 3. The molecule has 0 amide bonds. The standard InChI is InChI=1S/C20H24O3/c1-18-7-6-15-14-4-3-13(21)10-12(14)2-5-16(15)19(18)8-9-20(18,23)17(22)11-19/h3-4,8-10,15-17,21-23H,2,5-7,11H2,1H3/t15?,16?,17-,18-,19-,20-/m0/s1. The first kappa shape index (κ1) is 14.1. The zero-order chi connectivity index (χ0) is 16.0. The maximum absolute atomic E-state index is 11.1. The molecule has 3 nitrogen and oxygen atoms in total. The second kappa shape index (κ2) is 4.01. The lowest BCUT2D eigenvalue weighted by Gasteiger charge is -2.56. The fourth-order valence-corrected chi connectivity index (χ4v) is 6.70. The van der Waals surface area contributed by atoms with Gasteiger partial charge in [0.05, 0.1) is 6.10 Å². The Morgan fingerprint density at radius 2 is 2.00 bits per heavy atom. The minimum Gasteiger partial charge on any atom is -0.508 e. The monoisotopic (exact) mass is 312 g/mol. The van der Waals surface area contributed by atoms with E-state index in [1.165, 1.54) is 11.1 Å². The number of benzene rings is 1. The van der Waals surface area contributed by atoms with Crippen molar-refractivity contribution >= 4 is 0 Å². The third-order valence-corrected chi connectivity index (χ3v) is 7.94. The highest BCUT2D eigenvalue weighted by molar-refractivity contribution is 5.45. The number of rotatable bonds is 0. The van der Waals surface area contributed by atoms with E-state index in [0.717, 1.165) is 25.7 Å². The zero-order valence-corrected chi connectivity index (χ0v) is 13.5. The van der Waals surface area contributed by atoms with Gasteiger partial charge < -0.3 is 15.3 Å². The Morgan fingerprint density at radius 1 is 1.17 bits per heavy atom. The average Bonchev–Trinajstić information content (AvgIpc) is 2.86.